The molecule has 0 saturated heterocycles. The highest BCUT2D eigenvalue weighted by Gasteiger charge is 2.25. The molecule has 0 heterocycles. The molecule has 0 radical (unpaired) electrons. The molecule has 0 fully saturated rings. The second-order valence-electron chi connectivity index (χ2n) is 3.60. The van der Waals surface area contributed by atoms with Gasteiger partial charge in [-0.25, -0.2) is 4.79 Å². The van der Waals surface area contributed by atoms with E-state index in [1.54, 1.807) is 0 Å². The van der Waals surface area contributed by atoms with Crippen molar-refractivity contribution < 1.29 is 22.8 Å². The zero-order chi connectivity index (χ0) is 13.5. The number of urea groups is 1. The van der Waals surface area contributed by atoms with Crippen molar-refractivity contribution in [1.82, 2.24) is 10.6 Å². The molecule has 0 spiro atoms. The lowest BCUT2D eigenvalue weighted by Gasteiger charge is -2.12. The van der Waals surface area contributed by atoms with Gasteiger partial charge in [-0.3, -0.25) is 10.1 Å². The van der Waals surface area contributed by atoms with E-state index in [1.807, 2.05) is 5.32 Å². The molecule has 0 aliphatic heterocycles. The number of unbranched alkanes of at least 4 members (excludes halogenated alkanes) is 1. The molecule has 4 N–H and O–H groups in total. The second kappa shape index (κ2) is 7.10. The lowest BCUT2D eigenvalue weighted by molar-refractivity contribution is -0.135. The van der Waals surface area contributed by atoms with Gasteiger partial charge in [-0.05, 0) is 26.3 Å². The van der Waals surface area contributed by atoms with Crippen molar-refractivity contribution in [2.24, 2.45) is 5.73 Å². The molecule has 100 valence electrons. The van der Waals surface area contributed by atoms with Crippen molar-refractivity contribution in [3.63, 3.8) is 0 Å². The van der Waals surface area contributed by atoms with Gasteiger partial charge in [-0.15, -0.1) is 0 Å². The number of alkyl halides is 3. The van der Waals surface area contributed by atoms with E-state index >= 15 is 0 Å². The molecule has 0 aromatic carbocycles. The van der Waals surface area contributed by atoms with Crippen LogP contribution in [0.25, 0.3) is 0 Å². The Morgan fingerprint density at radius 2 is 1.88 bits per heavy atom. The van der Waals surface area contributed by atoms with Crippen LogP contribution in [0.1, 0.15) is 26.2 Å². The molecule has 0 aromatic heterocycles. The summed E-state index contributed by atoms with van der Waals surface area (Å²) < 4.78 is 35.3. The number of hydrogen-bond acceptors (Lipinski definition) is 3. The monoisotopic (exact) mass is 255 g/mol. The highest BCUT2D eigenvalue weighted by molar-refractivity contribution is 5.96. The maximum atomic E-state index is 11.8. The smallest absolute Gasteiger partial charge is 0.351 e. The zero-order valence-electron chi connectivity index (χ0n) is 9.43. The summed E-state index contributed by atoms with van der Waals surface area (Å²) in [6.07, 6.45) is -4.68. The maximum Gasteiger partial charge on any atom is 0.389 e. The Morgan fingerprint density at radius 3 is 2.35 bits per heavy atom. The summed E-state index contributed by atoms with van der Waals surface area (Å²) in [4.78, 5) is 21.5. The summed E-state index contributed by atoms with van der Waals surface area (Å²) in [7, 11) is 0. The highest BCUT2D eigenvalue weighted by Crippen LogP contribution is 2.21. The van der Waals surface area contributed by atoms with Crippen LogP contribution in [-0.2, 0) is 4.79 Å². The zero-order valence-corrected chi connectivity index (χ0v) is 9.43. The molecule has 0 saturated carbocycles. The third-order valence-corrected chi connectivity index (χ3v) is 1.98. The van der Waals surface area contributed by atoms with Gasteiger partial charge in [0.25, 0.3) is 0 Å². The predicted molar refractivity (Wildman–Crippen MR) is 55.1 cm³/mol. The van der Waals surface area contributed by atoms with Gasteiger partial charge >= 0.3 is 12.2 Å². The van der Waals surface area contributed by atoms with E-state index in [-0.39, 0.29) is 13.0 Å². The number of amides is 3. The van der Waals surface area contributed by atoms with Crippen LogP contribution in [0.15, 0.2) is 0 Å². The topological polar surface area (TPSA) is 84.2 Å². The van der Waals surface area contributed by atoms with E-state index in [1.165, 1.54) is 6.92 Å². The number of halogens is 3. The molecule has 3 amide bonds. The minimum absolute atomic E-state index is 0.000653. The molecule has 0 bridgehead atoms. The molecular formula is C9H16F3N3O2. The van der Waals surface area contributed by atoms with Crippen LogP contribution in [0.3, 0.4) is 0 Å². The number of carbonyl (C=O) groups is 2. The Kier molecular flexibility index (Phi) is 6.55. The quantitative estimate of drug-likeness (QED) is 0.616. The van der Waals surface area contributed by atoms with Gasteiger partial charge in [0.15, 0.2) is 0 Å². The third-order valence-electron chi connectivity index (χ3n) is 1.98. The number of imide groups is 1. The van der Waals surface area contributed by atoms with Crippen LogP contribution < -0.4 is 16.4 Å². The lowest BCUT2D eigenvalue weighted by atomic mass is 10.2. The molecule has 0 aliphatic rings. The Balaban J connectivity index is 3.61. The van der Waals surface area contributed by atoms with E-state index in [4.69, 9.17) is 5.73 Å². The van der Waals surface area contributed by atoms with Crippen LogP contribution in [-0.4, -0.2) is 30.7 Å². The number of carbonyl (C=O) groups excluding carboxylic acids is 2. The van der Waals surface area contributed by atoms with Gasteiger partial charge in [0.2, 0.25) is 5.91 Å². The van der Waals surface area contributed by atoms with Crippen LogP contribution in [0.2, 0.25) is 0 Å². The summed E-state index contributed by atoms with van der Waals surface area (Å²) in [6.45, 7) is 1.76. The van der Waals surface area contributed by atoms with Crippen molar-refractivity contribution in [2.45, 2.75) is 38.4 Å². The molecule has 17 heavy (non-hydrogen) atoms. The van der Waals surface area contributed by atoms with E-state index in [0.717, 1.165) is 0 Å². The van der Waals surface area contributed by atoms with Crippen molar-refractivity contribution in [3.8, 4) is 0 Å². The second-order valence-corrected chi connectivity index (χ2v) is 3.60. The van der Waals surface area contributed by atoms with Crippen molar-refractivity contribution >= 4 is 11.9 Å². The first-order valence-electron chi connectivity index (χ1n) is 5.13. The van der Waals surface area contributed by atoms with Crippen LogP contribution >= 0.6 is 0 Å². The normalized spacial score (nSPS) is 13.2. The number of nitrogens with one attached hydrogen (secondary N) is 2. The van der Waals surface area contributed by atoms with Crippen molar-refractivity contribution in [3.05, 3.63) is 0 Å². The summed E-state index contributed by atoms with van der Waals surface area (Å²) in [5.41, 5.74) is 4.73. The first-order valence-corrected chi connectivity index (χ1v) is 5.13. The van der Waals surface area contributed by atoms with Crippen LogP contribution in [0, 0.1) is 0 Å². The molecular weight excluding hydrogens is 239 g/mol. The fourth-order valence-corrected chi connectivity index (χ4v) is 1.09. The first-order chi connectivity index (χ1) is 7.72. The van der Waals surface area contributed by atoms with E-state index in [9.17, 15) is 22.8 Å². The number of primary amides is 1. The number of hydrogen-bond donors (Lipinski definition) is 3. The predicted octanol–water partition coefficient (Wildman–Crippen LogP) is 0.892. The number of nitrogens with two attached hydrogens (primary N) is 1. The van der Waals surface area contributed by atoms with Gasteiger partial charge < -0.3 is 11.1 Å². The van der Waals surface area contributed by atoms with Crippen molar-refractivity contribution in [1.29, 1.82) is 0 Å². The van der Waals surface area contributed by atoms with E-state index in [0.29, 0.717) is 6.42 Å². The fraction of sp³-hybridized carbons (Fsp3) is 0.778. The molecule has 1 unspecified atom stereocenters. The summed E-state index contributed by atoms with van der Waals surface area (Å²) in [6, 6.07) is -1.63. The minimum Gasteiger partial charge on any atom is -0.351 e. The van der Waals surface area contributed by atoms with Gasteiger partial charge in [-0.2, -0.15) is 13.2 Å². The molecule has 0 rings (SSSR count). The Bertz CT molecular complexity index is 269. The van der Waals surface area contributed by atoms with Gasteiger partial charge in [-0.1, -0.05) is 0 Å². The van der Waals surface area contributed by atoms with E-state index in [2.05, 4.69) is 5.32 Å². The number of rotatable bonds is 6. The molecule has 0 aliphatic carbocycles. The van der Waals surface area contributed by atoms with Crippen molar-refractivity contribution in [2.75, 3.05) is 6.54 Å². The Labute approximate surface area is 96.9 Å². The van der Waals surface area contributed by atoms with E-state index < -0.39 is 30.6 Å². The summed E-state index contributed by atoms with van der Waals surface area (Å²) >= 11 is 0. The van der Waals surface area contributed by atoms with Crippen LogP contribution in [0.4, 0.5) is 18.0 Å². The van der Waals surface area contributed by atoms with Crippen LogP contribution in [0.5, 0.6) is 0 Å². The average molecular weight is 255 g/mol. The third kappa shape index (κ3) is 9.61. The van der Waals surface area contributed by atoms with Gasteiger partial charge in [0, 0.05) is 6.42 Å². The Morgan fingerprint density at radius 1 is 1.29 bits per heavy atom. The SMILES string of the molecule is CC(NCCCCC(F)(F)F)C(=O)NC(N)=O. The summed E-state index contributed by atoms with van der Waals surface area (Å²) in [5.74, 6) is -0.603. The first kappa shape index (κ1) is 15.7. The standard InChI is InChI=1S/C9H16F3N3O2/c1-6(7(16)15-8(13)17)14-5-3-2-4-9(10,11)12/h6,14H,2-5H2,1H3,(H3,13,15,16,17). The highest BCUT2D eigenvalue weighted by atomic mass is 19.4. The van der Waals surface area contributed by atoms with Gasteiger partial charge in [0.05, 0.1) is 6.04 Å². The lowest BCUT2D eigenvalue weighted by Crippen LogP contribution is -2.46. The fourth-order valence-electron chi connectivity index (χ4n) is 1.09. The van der Waals surface area contributed by atoms with Gasteiger partial charge in [0.1, 0.15) is 0 Å². The maximum absolute atomic E-state index is 11.8. The minimum atomic E-state index is -4.14. The largest absolute Gasteiger partial charge is 0.389 e. The average Bonchev–Trinajstić information content (AvgIpc) is 2.13. The molecule has 5 nitrogen and oxygen atoms in total. The molecule has 8 heteroatoms. The molecule has 0 aromatic rings. The Hall–Kier alpha value is -1.31. The summed E-state index contributed by atoms with van der Waals surface area (Å²) in [5, 5.41) is 4.55. The molecule has 1 atom stereocenters.